The number of ether oxygens (including phenoxy) is 1. The maximum atomic E-state index is 12.6. The average Bonchev–Trinajstić information content (AvgIpc) is 3.07. The lowest BCUT2D eigenvalue weighted by atomic mass is 9.91. The number of methoxy groups -OCH3 is 1. The molecule has 1 unspecified atom stereocenters. The molecule has 0 fully saturated rings. The standard InChI is InChI=1S/C22H27N3O2/c1-15(2)13-24-22(26)12-18(17-7-5-6-8-20(17)27-4)19-14-23-21-11-16(3)9-10-25(19)21/h5-11,14-15,18H,12-13H2,1-4H3,(H,24,26). The van der Waals surface area contributed by atoms with Crippen LogP contribution in [0.15, 0.2) is 48.8 Å². The van der Waals surface area contributed by atoms with Gasteiger partial charge in [0, 0.05) is 36.8 Å². The largest absolute Gasteiger partial charge is 0.496 e. The molecule has 1 N–H and O–H groups in total. The van der Waals surface area contributed by atoms with Crippen molar-refractivity contribution in [1.82, 2.24) is 14.7 Å². The molecule has 5 heteroatoms. The molecule has 2 aromatic heterocycles. The molecular formula is C22H27N3O2. The Morgan fingerprint density at radius 1 is 1.26 bits per heavy atom. The molecule has 0 aliphatic rings. The number of nitrogens with zero attached hydrogens (tertiary/aromatic N) is 2. The van der Waals surface area contributed by atoms with Crippen molar-refractivity contribution in [2.45, 2.75) is 33.1 Å². The fourth-order valence-corrected chi connectivity index (χ4v) is 3.26. The zero-order valence-electron chi connectivity index (χ0n) is 16.4. The number of imidazole rings is 1. The van der Waals surface area contributed by atoms with Crippen LogP contribution in [0.25, 0.3) is 5.65 Å². The molecule has 0 radical (unpaired) electrons. The van der Waals surface area contributed by atoms with Crippen LogP contribution in [-0.2, 0) is 4.79 Å². The van der Waals surface area contributed by atoms with E-state index >= 15 is 0 Å². The van der Waals surface area contributed by atoms with Crippen LogP contribution < -0.4 is 10.1 Å². The summed E-state index contributed by atoms with van der Waals surface area (Å²) in [5, 5.41) is 3.03. The first-order valence-electron chi connectivity index (χ1n) is 9.32. The number of nitrogens with one attached hydrogen (secondary N) is 1. The molecule has 142 valence electrons. The van der Waals surface area contributed by atoms with Crippen LogP contribution in [0, 0.1) is 12.8 Å². The lowest BCUT2D eigenvalue weighted by Crippen LogP contribution is -2.29. The fourth-order valence-electron chi connectivity index (χ4n) is 3.26. The average molecular weight is 365 g/mol. The van der Waals surface area contributed by atoms with Crippen LogP contribution in [-0.4, -0.2) is 28.9 Å². The quantitative estimate of drug-likeness (QED) is 0.690. The molecular weight excluding hydrogens is 338 g/mol. The zero-order valence-corrected chi connectivity index (χ0v) is 16.4. The third kappa shape index (κ3) is 4.30. The van der Waals surface area contributed by atoms with Crippen molar-refractivity contribution in [3.8, 4) is 5.75 Å². The van der Waals surface area contributed by atoms with E-state index in [1.807, 2.05) is 49.6 Å². The molecule has 0 saturated heterocycles. The molecule has 0 aliphatic carbocycles. The monoisotopic (exact) mass is 365 g/mol. The van der Waals surface area contributed by atoms with Crippen molar-refractivity contribution in [1.29, 1.82) is 0 Å². The summed E-state index contributed by atoms with van der Waals surface area (Å²) in [5.41, 5.74) is 4.01. The van der Waals surface area contributed by atoms with Crippen LogP contribution in [0.2, 0.25) is 0 Å². The number of hydrogen-bond donors (Lipinski definition) is 1. The fraction of sp³-hybridized carbons (Fsp3) is 0.364. The van der Waals surface area contributed by atoms with Gasteiger partial charge in [-0.3, -0.25) is 4.79 Å². The summed E-state index contributed by atoms with van der Waals surface area (Å²) in [7, 11) is 1.66. The van der Waals surface area contributed by atoms with Crippen LogP contribution in [0.4, 0.5) is 0 Å². The summed E-state index contributed by atoms with van der Waals surface area (Å²) in [6.45, 7) is 6.89. The Balaban J connectivity index is 2.02. The second-order valence-electron chi connectivity index (χ2n) is 7.31. The Bertz CT molecular complexity index is 930. The number of pyridine rings is 1. The number of carbonyl (C=O) groups excluding carboxylic acids is 1. The minimum atomic E-state index is -0.147. The number of fused-ring (bicyclic) bond motifs is 1. The normalized spacial score (nSPS) is 12.3. The van der Waals surface area contributed by atoms with Gasteiger partial charge in [-0.1, -0.05) is 32.0 Å². The highest BCUT2D eigenvalue weighted by Gasteiger charge is 2.24. The van der Waals surface area contributed by atoms with E-state index in [-0.39, 0.29) is 11.8 Å². The van der Waals surface area contributed by atoms with E-state index in [1.54, 1.807) is 7.11 Å². The predicted octanol–water partition coefficient (Wildman–Crippen LogP) is 3.95. The Kier molecular flexibility index (Phi) is 5.79. The summed E-state index contributed by atoms with van der Waals surface area (Å²) in [5.74, 6) is 1.08. The summed E-state index contributed by atoms with van der Waals surface area (Å²) >= 11 is 0. The maximum Gasteiger partial charge on any atom is 0.221 e. The summed E-state index contributed by atoms with van der Waals surface area (Å²) in [4.78, 5) is 17.2. The Labute approximate surface area is 160 Å². The maximum absolute atomic E-state index is 12.6. The lowest BCUT2D eigenvalue weighted by molar-refractivity contribution is -0.121. The summed E-state index contributed by atoms with van der Waals surface area (Å²) in [6, 6.07) is 12.0. The van der Waals surface area contributed by atoms with Gasteiger partial charge in [-0.05, 0) is 36.6 Å². The molecule has 0 saturated carbocycles. The van der Waals surface area contributed by atoms with Gasteiger partial charge in [0.25, 0.3) is 0 Å². The van der Waals surface area contributed by atoms with E-state index in [0.717, 1.165) is 28.2 Å². The molecule has 2 heterocycles. The summed E-state index contributed by atoms with van der Waals surface area (Å²) in [6.07, 6.45) is 4.22. The van der Waals surface area contributed by atoms with Crippen molar-refractivity contribution in [3.63, 3.8) is 0 Å². The van der Waals surface area contributed by atoms with Crippen LogP contribution in [0.1, 0.15) is 43.0 Å². The molecule has 1 amide bonds. The number of carbonyl (C=O) groups is 1. The van der Waals surface area contributed by atoms with Crippen LogP contribution in [0.5, 0.6) is 5.75 Å². The van der Waals surface area contributed by atoms with Gasteiger partial charge in [0.15, 0.2) is 0 Å². The highest BCUT2D eigenvalue weighted by atomic mass is 16.5. The Morgan fingerprint density at radius 3 is 2.78 bits per heavy atom. The number of para-hydroxylation sites is 1. The van der Waals surface area contributed by atoms with Gasteiger partial charge in [-0.2, -0.15) is 0 Å². The van der Waals surface area contributed by atoms with Crippen LogP contribution >= 0.6 is 0 Å². The number of amides is 1. The van der Waals surface area contributed by atoms with E-state index in [2.05, 4.69) is 34.6 Å². The van der Waals surface area contributed by atoms with Gasteiger partial charge >= 0.3 is 0 Å². The zero-order chi connectivity index (χ0) is 19.4. The van der Waals surface area contributed by atoms with Crippen molar-refractivity contribution >= 4 is 11.6 Å². The van der Waals surface area contributed by atoms with Gasteiger partial charge in [-0.25, -0.2) is 4.98 Å². The highest BCUT2D eigenvalue weighted by molar-refractivity contribution is 5.77. The summed E-state index contributed by atoms with van der Waals surface area (Å²) < 4.78 is 7.63. The Morgan fingerprint density at radius 2 is 2.04 bits per heavy atom. The SMILES string of the molecule is COc1ccccc1C(CC(=O)NCC(C)C)c1cnc2cc(C)ccn12. The molecule has 3 aromatic rings. The molecule has 0 bridgehead atoms. The molecule has 0 aliphatic heterocycles. The first-order chi connectivity index (χ1) is 13.0. The second kappa shape index (κ2) is 8.25. The van der Waals surface area contributed by atoms with Crippen LogP contribution in [0.3, 0.4) is 0 Å². The van der Waals surface area contributed by atoms with Crippen molar-refractivity contribution in [2.75, 3.05) is 13.7 Å². The van der Waals surface area contributed by atoms with E-state index in [0.29, 0.717) is 18.9 Å². The first-order valence-corrected chi connectivity index (χ1v) is 9.32. The minimum Gasteiger partial charge on any atom is -0.496 e. The second-order valence-corrected chi connectivity index (χ2v) is 7.31. The molecule has 5 nitrogen and oxygen atoms in total. The number of hydrogen-bond acceptors (Lipinski definition) is 3. The van der Waals surface area contributed by atoms with Crippen molar-refractivity contribution in [3.05, 3.63) is 65.6 Å². The highest BCUT2D eigenvalue weighted by Crippen LogP contribution is 2.34. The van der Waals surface area contributed by atoms with E-state index in [9.17, 15) is 4.79 Å². The minimum absolute atomic E-state index is 0.0293. The smallest absolute Gasteiger partial charge is 0.221 e. The molecule has 27 heavy (non-hydrogen) atoms. The van der Waals surface area contributed by atoms with E-state index in [4.69, 9.17) is 4.74 Å². The third-order valence-corrected chi connectivity index (χ3v) is 4.67. The molecule has 1 atom stereocenters. The molecule has 3 rings (SSSR count). The third-order valence-electron chi connectivity index (χ3n) is 4.67. The molecule has 0 spiro atoms. The van der Waals surface area contributed by atoms with Gasteiger partial charge < -0.3 is 14.5 Å². The number of rotatable bonds is 7. The van der Waals surface area contributed by atoms with Gasteiger partial charge in [0.05, 0.1) is 12.8 Å². The number of aryl methyl sites for hydroxylation is 1. The van der Waals surface area contributed by atoms with E-state index in [1.165, 1.54) is 0 Å². The number of aromatic nitrogens is 2. The van der Waals surface area contributed by atoms with Crippen molar-refractivity contribution in [2.24, 2.45) is 5.92 Å². The predicted molar refractivity (Wildman–Crippen MR) is 107 cm³/mol. The first kappa shape index (κ1) is 19.0. The lowest BCUT2D eigenvalue weighted by Gasteiger charge is -2.20. The van der Waals surface area contributed by atoms with Gasteiger partial charge in [0.1, 0.15) is 11.4 Å². The number of benzene rings is 1. The van der Waals surface area contributed by atoms with Gasteiger partial charge in [0.2, 0.25) is 5.91 Å². The molecule has 1 aromatic carbocycles. The van der Waals surface area contributed by atoms with Gasteiger partial charge in [-0.15, -0.1) is 0 Å². The van der Waals surface area contributed by atoms with Crippen molar-refractivity contribution < 1.29 is 9.53 Å². The van der Waals surface area contributed by atoms with E-state index < -0.39 is 0 Å². The topological polar surface area (TPSA) is 55.6 Å². The Hall–Kier alpha value is -2.82.